The van der Waals surface area contributed by atoms with Crippen molar-refractivity contribution in [1.82, 2.24) is 4.90 Å². The molecule has 2 aromatic rings. The van der Waals surface area contributed by atoms with E-state index < -0.39 is 0 Å². The molecule has 1 aliphatic rings. The lowest BCUT2D eigenvalue weighted by atomic mass is 10.2. The van der Waals surface area contributed by atoms with Crippen molar-refractivity contribution in [2.75, 3.05) is 38.7 Å². The summed E-state index contributed by atoms with van der Waals surface area (Å²) in [7, 11) is 1.44. The second-order valence-corrected chi connectivity index (χ2v) is 6.26. The third-order valence-corrected chi connectivity index (χ3v) is 4.43. The van der Waals surface area contributed by atoms with Gasteiger partial charge in [-0.3, -0.25) is 9.69 Å². The summed E-state index contributed by atoms with van der Waals surface area (Å²) in [5.41, 5.74) is 1.08. The van der Waals surface area contributed by atoms with Gasteiger partial charge < -0.3 is 19.9 Å². The summed E-state index contributed by atoms with van der Waals surface area (Å²) >= 11 is 0. The Balaban J connectivity index is 1.52. The number of hydrogen-bond acceptors (Lipinski definition) is 5. The number of methoxy groups -OCH3 is 1. The molecule has 1 saturated heterocycles. The molecule has 138 valence electrons. The van der Waals surface area contributed by atoms with Gasteiger partial charge in [-0.05, 0) is 68.4 Å². The molecule has 1 fully saturated rings. The summed E-state index contributed by atoms with van der Waals surface area (Å²) in [4.78, 5) is 14.7. The van der Waals surface area contributed by atoms with Gasteiger partial charge in [0.15, 0.2) is 11.5 Å². The number of likely N-dealkylation sites (tertiary alicyclic amines) is 1. The number of carbonyl (C=O) groups excluding carboxylic acids is 1. The molecule has 2 aromatic carbocycles. The normalized spacial score (nSPS) is 14.2. The lowest BCUT2D eigenvalue weighted by Gasteiger charge is -2.15. The van der Waals surface area contributed by atoms with E-state index in [4.69, 9.17) is 9.47 Å². The maximum atomic E-state index is 12.3. The zero-order chi connectivity index (χ0) is 18.4. The molecule has 0 unspecified atom stereocenters. The van der Waals surface area contributed by atoms with E-state index in [0.29, 0.717) is 17.9 Å². The number of nitrogens with one attached hydrogen (secondary N) is 1. The predicted octanol–water partition coefficient (Wildman–Crippen LogP) is 3.13. The predicted molar refractivity (Wildman–Crippen MR) is 100 cm³/mol. The monoisotopic (exact) mass is 356 g/mol. The van der Waals surface area contributed by atoms with Gasteiger partial charge in [0.05, 0.1) is 7.11 Å². The summed E-state index contributed by atoms with van der Waals surface area (Å²) in [6.07, 6.45) is 2.56. The molecule has 6 nitrogen and oxygen atoms in total. The fraction of sp³-hybridized carbons (Fsp3) is 0.350. The molecule has 0 radical (unpaired) electrons. The zero-order valence-corrected chi connectivity index (χ0v) is 14.9. The van der Waals surface area contributed by atoms with E-state index in [-0.39, 0.29) is 17.4 Å². The van der Waals surface area contributed by atoms with E-state index in [1.54, 1.807) is 18.2 Å². The Morgan fingerprint density at radius 1 is 1.15 bits per heavy atom. The molecule has 0 bridgehead atoms. The molecule has 0 aliphatic carbocycles. The van der Waals surface area contributed by atoms with Crippen molar-refractivity contribution >= 4 is 11.6 Å². The van der Waals surface area contributed by atoms with Gasteiger partial charge in [-0.1, -0.05) is 0 Å². The fourth-order valence-corrected chi connectivity index (χ4v) is 2.96. The molecule has 2 N–H and O–H groups in total. The van der Waals surface area contributed by atoms with E-state index in [2.05, 4.69) is 10.2 Å². The molecule has 6 heteroatoms. The van der Waals surface area contributed by atoms with Gasteiger partial charge in [0.1, 0.15) is 12.4 Å². The van der Waals surface area contributed by atoms with E-state index >= 15 is 0 Å². The van der Waals surface area contributed by atoms with Crippen molar-refractivity contribution < 1.29 is 19.4 Å². The molecular formula is C20H24N2O4. The molecule has 0 atom stereocenters. The molecule has 1 heterocycles. The van der Waals surface area contributed by atoms with Crippen molar-refractivity contribution in [3.8, 4) is 17.2 Å². The number of ether oxygens (including phenoxy) is 2. The van der Waals surface area contributed by atoms with Crippen LogP contribution in [0, 0.1) is 0 Å². The van der Waals surface area contributed by atoms with Crippen LogP contribution in [0.3, 0.4) is 0 Å². The number of amides is 1. The highest BCUT2D eigenvalue weighted by Crippen LogP contribution is 2.26. The first-order chi connectivity index (χ1) is 12.7. The van der Waals surface area contributed by atoms with E-state index in [1.165, 1.54) is 32.1 Å². The van der Waals surface area contributed by atoms with E-state index in [0.717, 1.165) is 25.4 Å². The first kappa shape index (κ1) is 18.1. The third-order valence-electron chi connectivity index (χ3n) is 4.43. The molecule has 0 saturated carbocycles. The average Bonchev–Trinajstić information content (AvgIpc) is 3.17. The summed E-state index contributed by atoms with van der Waals surface area (Å²) in [6.45, 7) is 3.94. The minimum Gasteiger partial charge on any atom is -0.504 e. The first-order valence-electron chi connectivity index (χ1n) is 8.79. The second kappa shape index (κ2) is 8.58. The van der Waals surface area contributed by atoms with Crippen LogP contribution in [0.4, 0.5) is 5.69 Å². The van der Waals surface area contributed by atoms with Gasteiger partial charge >= 0.3 is 0 Å². The summed E-state index contributed by atoms with van der Waals surface area (Å²) in [5, 5.41) is 12.4. The van der Waals surface area contributed by atoms with E-state index in [9.17, 15) is 9.90 Å². The highest BCUT2D eigenvalue weighted by molar-refractivity contribution is 6.04. The van der Waals surface area contributed by atoms with Gasteiger partial charge in [-0.2, -0.15) is 0 Å². The van der Waals surface area contributed by atoms with Crippen LogP contribution in [0.2, 0.25) is 0 Å². The summed E-state index contributed by atoms with van der Waals surface area (Å²) < 4.78 is 10.8. The van der Waals surface area contributed by atoms with Crippen LogP contribution >= 0.6 is 0 Å². The third kappa shape index (κ3) is 4.67. The number of benzene rings is 2. The van der Waals surface area contributed by atoms with Gasteiger partial charge in [-0.15, -0.1) is 0 Å². The molecule has 0 aromatic heterocycles. The fourth-order valence-electron chi connectivity index (χ4n) is 2.96. The molecule has 1 amide bonds. The van der Waals surface area contributed by atoms with Crippen LogP contribution in [-0.4, -0.2) is 49.3 Å². The maximum absolute atomic E-state index is 12.3. The largest absolute Gasteiger partial charge is 0.504 e. The Bertz CT molecular complexity index is 740. The van der Waals surface area contributed by atoms with Gasteiger partial charge in [0, 0.05) is 17.8 Å². The molecule has 1 aliphatic heterocycles. The average molecular weight is 356 g/mol. The molecule has 3 rings (SSSR count). The number of phenolic OH excluding ortho intramolecular Hbond substituents is 1. The van der Waals surface area contributed by atoms with Crippen LogP contribution in [0.25, 0.3) is 0 Å². The number of nitrogens with zero attached hydrogens (tertiary/aromatic N) is 1. The van der Waals surface area contributed by atoms with Gasteiger partial charge in [-0.25, -0.2) is 0 Å². The highest BCUT2D eigenvalue weighted by atomic mass is 16.5. The number of rotatable bonds is 7. The Morgan fingerprint density at radius 2 is 1.88 bits per heavy atom. The number of hydrogen-bond donors (Lipinski definition) is 2. The van der Waals surface area contributed by atoms with Crippen LogP contribution in [0.15, 0.2) is 42.5 Å². The van der Waals surface area contributed by atoms with Crippen LogP contribution in [-0.2, 0) is 0 Å². The second-order valence-electron chi connectivity index (χ2n) is 6.26. The van der Waals surface area contributed by atoms with Gasteiger partial charge in [0.2, 0.25) is 0 Å². The van der Waals surface area contributed by atoms with Crippen LogP contribution < -0.4 is 14.8 Å². The van der Waals surface area contributed by atoms with Crippen molar-refractivity contribution in [1.29, 1.82) is 0 Å². The standard InChI is InChI=1S/C20H24N2O4/c1-25-19-14-15(4-9-18(19)23)20(24)21-16-5-7-17(8-6-16)26-13-12-22-10-2-3-11-22/h4-9,14,23H,2-3,10-13H2,1H3,(H,21,24). The first-order valence-corrected chi connectivity index (χ1v) is 8.79. The minimum absolute atomic E-state index is 0.000480. The quantitative estimate of drug-likeness (QED) is 0.798. The molecular weight excluding hydrogens is 332 g/mol. The number of phenols is 1. The summed E-state index contributed by atoms with van der Waals surface area (Å²) in [6, 6.07) is 11.8. The molecule has 26 heavy (non-hydrogen) atoms. The van der Waals surface area contributed by atoms with Crippen molar-refractivity contribution in [3.05, 3.63) is 48.0 Å². The Kier molecular flexibility index (Phi) is 5.96. The highest BCUT2D eigenvalue weighted by Gasteiger charge is 2.12. The Labute approximate surface area is 153 Å². The number of carbonyl (C=O) groups is 1. The van der Waals surface area contributed by atoms with E-state index in [1.807, 2.05) is 12.1 Å². The Hall–Kier alpha value is -2.73. The van der Waals surface area contributed by atoms with Crippen LogP contribution in [0.1, 0.15) is 23.2 Å². The SMILES string of the molecule is COc1cc(C(=O)Nc2ccc(OCCN3CCCC3)cc2)ccc1O. The Morgan fingerprint density at radius 3 is 2.58 bits per heavy atom. The van der Waals surface area contributed by atoms with Crippen molar-refractivity contribution in [2.24, 2.45) is 0 Å². The number of anilines is 1. The number of aromatic hydroxyl groups is 1. The summed E-state index contributed by atoms with van der Waals surface area (Å²) in [5.74, 6) is 0.776. The minimum atomic E-state index is -0.272. The topological polar surface area (TPSA) is 71.0 Å². The van der Waals surface area contributed by atoms with Crippen molar-refractivity contribution in [2.45, 2.75) is 12.8 Å². The molecule has 0 spiro atoms. The lowest BCUT2D eigenvalue weighted by molar-refractivity contribution is 0.102. The maximum Gasteiger partial charge on any atom is 0.255 e. The van der Waals surface area contributed by atoms with Gasteiger partial charge in [0.25, 0.3) is 5.91 Å². The van der Waals surface area contributed by atoms with Crippen LogP contribution in [0.5, 0.6) is 17.2 Å². The lowest BCUT2D eigenvalue weighted by Crippen LogP contribution is -2.25. The zero-order valence-electron chi connectivity index (χ0n) is 14.9. The smallest absolute Gasteiger partial charge is 0.255 e. The van der Waals surface area contributed by atoms with Crippen molar-refractivity contribution in [3.63, 3.8) is 0 Å².